The number of nitrogens with zero attached hydrogens (tertiary/aromatic N) is 1. The highest BCUT2D eigenvalue weighted by molar-refractivity contribution is 7.92. The van der Waals surface area contributed by atoms with Crippen molar-refractivity contribution in [1.82, 2.24) is 0 Å². The molecule has 5 nitrogen and oxygen atoms in total. The molecule has 134 valence electrons. The summed E-state index contributed by atoms with van der Waals surface area (Å²) in [6.45, 7) is 1.66. The molecule has 0 aromatic heterocycles. The minimum absolute atomic E-state index is 0.0452. The third-order valence-electron chi connectivity index (χ3n) is 3.53. The monoisotopic (exact) mass is 368 g/mol. The fourth-order valence-electron chi connectivity index (χ4n) is 2.43. The van der Waals surface area contributed by atoms with Gasteiger partial charge in [-0.05, 0) is 30.7 Å². The maximum absolute atomic E-state index is 13.3. The Labute approximate surface area is 145 Å². The van der Waals surface area contributed by atoms with Crippen molar-refractivity contribution in [3.05, 3.63) is 60.2 Å². The van der Waals surface area contributed by atoms with E-state index in [0.717, 1.165) is 22.7 Å². The van der Waals surface area contributed by atoms with Gasteiger partial charge in [0.2, 0.25) is 15.9 Å². The van der Waals surface area contributed by atoms with Crippen LogP contribution in [0.25, 0.3) is 0 Å². The van der Waals surface area contributed by atoms with E-state index < -0.39 is 33.6 Å². The van der Waals surface area contributed by atoms with Gasteiger partial charge in [-0.2, -0.15) is 0 Å². The molecule has 2 aromatic rings. The molecule has 0 saturated heterocycles. The Balaban J connectivity index is 2.34. The predicted octanol–water partition coefficient (Wildman–Crippen LogP) is 3.15. The minimum atomic E-state index is -3.74. The molecule has 0 unspecified atom stereocenters. The third-order valence-corrected chi connectivity index (χ3v) is 4.71. The molecular weight excluding hydrogens is 350 g/mol. The van der Waals surface area contributed by atoms with Crippen molar-refractivity contribution < 1.29 is 22.0 Å². The Morgan fingerprint density at radius 2 is 1.76 bits per heavy atom. The van der Waals surface area contributed by atoms with Gasteiger partial charge in [-0.3, -0.25) is 9.10 Å². The molecule has 1 N–H and O–H groups in total. The van der Waals surface area contributed by atoms with Crippen molar-refractivity contribution in [1.29, 1.82) is 0 Å². The summed E-state index contributed by atoms with van der Waals surface area (Å²) < 4.78 is 51.7. The van der Waals surface area contributed by atoms with Gasteiger partial charge in [0.25, 0.3) is 0 Å². The molecule has 0 fully saturated rings. The van der Waals surface area contributed by atoms with Gasteiger partial charge >= 0.3 is 0 Å². The second-order valence-corrected chi connectivity index (χ2v) is 7.30. The summed E-state index contributed by atoms with van der Waals surface area (Å²) in [5.74, 6) is -2.77. The molecule has 0 aliphatic rings. The topological polar surface area (TPSA) is 66.5 Å². The number of benzene rings is 2. The quantitative estimate of drug-likeness (QED) is 0.852. The molecule has 0 spiro atoms. The minimum Gasteiger partial charge on any atom is -0.324 e. The van der Waals surface area contributed by atoms with Crippen LogP contribution in [0.2, 0.25) is 0 Å². The van der Waals surface area contributed by atoms with E-state index in [0.29, 0.717) is 5.69 Å². The van der Waals surface area contributed by atoms with Crippen LogP contribution in [0.5, 0.6) is 0 Å². The zero-order chi connectivity index (χ0) is 18.6. The Bertz CT molecular complexity index is 857. The standard InChI is InChI=1S/C17H18F2N2O3S/c1-3-16(17(22)20-12-9-10-14(18)15(19)11-12)21(25(2,23)24)13-7-5-4-6-8-13/h4-11,16H,3H2,1-2H3,(H,20,22)/t16-/m0/s1. The molecule has 0 heterocycles. The number of carbonyl (C=O) groups excluding carboxylic acids is 1. The number of carbonyl (C=O) groups is 1. The number of rotatable bonds is 6. The van der Waals surface area contributed by atoms with E-state index in [4.69, 9.17) is 0 Å². The first-order chi connectivity index (χ1) is 11.7. The predicted molar refractivity (Wildman–Crippen MR) is 92.8 cm³/mol. The van der Waals surface area contributed by atoms with E-state index in [2.05, 4.69) is 5.32 Å². The van der Waals surface area contributed by atoms with E-state index in [1.54, 1.807) is 37.3 Å². The molecule has 0 saturated carbocycles. The number of sulfonamides is 1. The van der Waals surface area contributed by atoms with E-state index in [9.17, 15) is 22.0 Å². The van der Waals surface area contributed by atoms with Crippen molar-refractivity contribution in [3.8, 4) is 0 Å². The number of amides is 1. The lowest BCUT2D eigenvalue weighted by Gasteiger charge is -2.30. The molecular formula is C17H18F2N2O3S. The number of hydrogen-bond donors (Lipinski definition) is 1. The van der Waals surface area contributed by atoms with Gasteiger partial charge in [-0.15, -0.1) is 0 Å². The summed E-state index contributed by atoms with van der Waals surface area (Å²) in [4.78, 5) is 12.6. The van der Waals surface area contributed by atoms with E-state index in [1.165, 1.54) is 6.07 Å². The summed E-state index contributed by atoms with van der Waals surface area (Å²) in [7, 11) is -3.74. The lowest BCUT2D eigenvalue weighted by atomic mass is 10.2. The van der Waals surface area contributed by atoms with Crippen LogP contribution >= 0.6 is 0 Å². The largest absolute Gasteiger partial charge is 0.324 e. The fraction of sp³-hybridized carbons (Fsp3) is 0.235. The van der Waals surface area contributed by atoms with Gasteiger partial charge in [0.15, 0.2) is 11.6 Å². The van der Waals surface area contributed by atoms with Gasteiger partial charge in [-0.25, -0.2) is 17.2 Å². The molecule has 0 aliphatic carbocycles. The highest BCUT2D eigenvalue weighted by atomic mass is 32.2. The molecule has 2 rings (SSSR count). The normalized spacial score (nSPS) is 12.5. The first-order valence-electron chi connectivity index (χ1n) is 7.54. The Morgan fingerprint density at radius 1 is 1.12 bits per heavy atom. The molecule has 1 atom stereocenters. The third kappa shape index (κ3) is 4.54. The average molecular weight is 368 g/mol. The van der Waals surface area contributed by atoms with Crippen LogP contribution in [0.3, 0.4) is 0 Å². The molecule has 25 heavy (non-hydrogen) atoms. The average Bonchev–Trinajstić information content (AvgIpc) is 2.55. The first kappa shape index (κ1) is 18.9. The second kappa shape index (κ2) is 7.60. The smallest absolute Gasteiger partial charge is 0.248 e. The number of nitrogens with one attached hydrogen (secondary N) is 1. The van der Waals surface area contributed by atoms with Crippen LogP contribution in [0.15, 0.2) is 48.5 Å². The number of halogens is 2. The van der Waals surface area contributed by atoms with Crippen LogP contribution in [-0.2, 0) is 14.8 Å². The maximum Gasteiger partial charge on any atom is 0.248 e. The summed E-state index contributed by atoms with van der Waals surface area (Å²) in [5.41, 5.74) is 0.390. The number of para-hydroxylation sites is 1. The number of hydrogen-bond acceptors (Lipinski definition) is 3. The lowest BCUT2D eigenvalue weighted by molar-refractivity contribution is -0.117. The van der Waals surface area contributed by atoms with Crippen molar-refractivity contribution in [2.24, 2.45) is 0 Å². The van der Waals surface area contributed by atoms with Crippen LogP contribution in [0.1, 0.15) is 13.3 Å². The summed E-state index contributed by atoms with van der Waals surface area (Å²) >= 11 is 0. The second-order valence-electron chi connectivity index (χ2n) is 5.44. The van der Waals surface area contributed by atoms with E-state index in [-0.39, 0.29) is 12.1 Å². The lowest BCUT2D eigenvalue weighted by Crippen LogP contribution is -2.47. The number of anilines is 2. The van der Waals surface area contributed by atoms with E-state index >= 15 is 0 Å². The molecule has 0 radical (unpaired) electrons. The van der Waals surface area contributed by atoms with Gasteiger partial charge in [0.05, 0.1) is 11.9 Å². The molecule has 0 bridgehead atoms. The Kier molecular flexibility index (Phi) is 5.73. The molecule has 0 aliphatic heterocycles. The SMILES string of the molecule is CC[C@@H](C(=O)Nc1ccc(F)c(F)c1)N(c1ccccc1)S(C)(=O)=O. The maximum atomic E-state index is 13.3. The van der Waals surface area contributed by atoms with E-state index in [1.807, 2.05) is 0 Å². The van der Waals surface area contributed by atoms with Crippen molar-refractivity contribution in [3.63, 3.8) is 0 Å². The molecule has 1 amide bonds. The molecule has 8 heteroatoms. The van der Waals surface area contributed by atoms with Crippen LogP contribution in [0, 0.1) is 11.6 Å². The Morgan fingerprint density at radius 3 is 2.28 bits per heavy atom. The Hall–Kier alpha value is -2.48. The van der Waals surface area contributed by atoms with Crippen LogP contribution in [0.4, 0.5) is 20.2 Å². The van der Waals surface area contributed by atoms with Crippen molar-refractivity contribution in [2.75, 3.05) is 15.9 Å². The summed E-state index contributed by atoms with van der Waals surface area (Å²) in [6.07, 6.45) is 1.20. The van der Waals surface area contributed by atoms with Gasteiger partial charge in [0, 0.05) is 11.8 Å². The van der Waals surface area contributed by atoms with Gasteiger partial charge < -0.3 is 5.32 Å². The molecule has 2 aromatic carbocycles. The van der Waals surface area contributed by atoms with Crippen LogP contribution < -0.4 is 9.62 Å². The van der Waals surface area contributed by atoms with Crippen molar-refractivity contribution >= 4 is 27.3 Å². The van der Waals surface area contributed by atoms with Crippen LogP contribution in [-0.4, -0.2) is 26.6 Å². The zero-order valence-electron chi connectivity index (χ0n) is 13.7. The summed E-state index contributed by atoms with van der Waals surface area (Å²) in [5, 5.41) is 2.43. The first-order valence-corrected chi connectivity index (χ1v) is 9.39. The van der Waals surface area contributed by atoms with Crippen molar-refractivity contribution in [2.45, 2.75) is 19.4 Å². The highest BCUT2D eigenvalue weighted by Gasteiger charge is 2.31. The zero-order valence-corrected chi connectivity index (χ0v) is 14.6. The van der Waals surface area contributed by atoms with Gasteiger partial charge in [-0.1, -0.05) is 25.1 Å². The fourth-order valence-corrected chi connectivity index (χ4v) is 3.65. The highest BCUT2D eigenvalue weighted by Crippen LogP contribution is 2.23. The summed E-state index contributed by atoms with van der Waals surface area (Å²) in [6, 6.07) is 10.1. The van der Waals surface area contributed by atoms with Gasteiger partial charge in [0.1, 0.15) is 6.04 Å².